The van der Waals surface area contributed by atoms with Crippen LogP contribution in [-0.4, -0.2) is 16.8 Å². The zero-order chi connectivity index (χ0) is 15.4. The maximum absolute atomic E-state index is 11.8. The van der Waals surface area contributed by atoms with Gasteiger partial charge in [0.15, 0.2) is 0 Å². The second-order valence-corrected chi connectivity index (χ2v) is 4.96. The Balaban J connectivity index is 2.06. The van der Waals surface area contributed by atoms with Crippen LogP contribution >= 0.6 is 23.2 Å². The summed E-state index contributed by atoms with van der Waals surface area (Å²) in [4.78, 5) is 27.7. The van der Waals surface area contributed by atoms with Gasteiger partial charge in [-0.15, -0.1) is 0 Å². The number of halogens is 2. The first kappa shape index (κ1) is 15.3. The number of nitrogens with one attached hydrogen (secondary N) is 2. The fraction of sp³-hybridized carbons (Fsp3) is 0.0714. The van der Waals surface area contributed by atoms with Gasteiger partial charge in [0.25, 0.3) is 0 Å². The number of carbonyl (C=O) groups is 2. The molecule has 2 aromatic rings. The van der Waals surface area contributed by atoms with Gasteiger partial charge in [0, 0.05) is 5.69 Å². The van der Waals surface area contributed by atoms with Crippen molar-refractivity contribution in [3.8, 4) is 0 Å². The van der Waals surface area contributed by atoms with Gasteiger partial charge in [-0.3, -0.25) is 9.59 Å². The van der Waals surface area contributed by atoms with Gasteiger partial charge in [-0.2, -0.15) is 0 Å². The molecule has 2 rings (SSSR count). The summed E-state index contributed by atoms with van der Waals surface area (Å²) in [5.74, 6) is -1.40. The molecule has 0 aliphatic heterocycles. The van der Waals surface area contributed by atoms with Gasteiger partial charge < -0.3 is 10.6 Å². The molecule has 0 bridgehead atoms. The Morgan fingerprint density at radius 1 is 1.00 bits per heavy atom. The lowest BCUT2D eigenvalue weighted by atomic mass is 10.3. The van der Waals surface area contributed by atoms with Crippen molar-refractivity contribution in [2.75, 3.05) is 10.6 Å². The van der Waals surface area contributed by atoms with Crippen LogP contribution in [0.3, 0.4) is 0 Å². The molecule has 1 heterocycles. The average molecular weight is 324 g/mol. The summed E-state index contributed by atoms with van der Waals surface area (Å²) in [6, 6.07) is 9.83. The van der Waals surface area contributed by atoms with Crippen LogP contribution in [0.2, 0.25) is 10.0 Å². The van der Waals surface area contributed by atoms with E-state index in [9.17, 15) is 9.59 Å². The fourth-order valence-corrected chi connectivity index (χ4v) is 1.91. The summed E-state index contributed by atoms with van der Waals surface area (Å²) in [5, 5.41) is 5.25. The van der Waals surface area contributed by atoms with E-state index in [1.54, 1.807) is 43.3 Å². The Morgan fingerprint density at radius 2 is 1.67 bits per heavy atom. The van der Waals surface area contributed by atoms with E-state index in [-0.39, 0.29) is 15.7 Å². The lowest BCUT2D eigenvalue weighted by Crippen LogP contribution is -2.29. The van der Waals surface area contributed by atoms with Crippen molar-refractivity contribution < 1.29 is 9.59 Å². The Kier molecular flexibility index (Phi) is 4.77. The first-order valence-corrected chi connectivity index (χ1v) is 6.73. The van der Waals surface area contributed by atoms with Crippen LogP contribution in [0.25, 0.3) is 0 Å². The molecule has 1 aromatic heterocycles. The molecule has 2 amide bonds. The number of amides is 2. The van der Waals surface area contributed by atoms with Gasteiger partial charge >= 0.3 is 11.8 Å². The second kappa shape index (κ2) is 6.56. The normalized spacial score (nSPS) is 10.0. The van der Waals surface area contributed by atoms with E-state index >= 15 is 0 Å². The number of pyridine rings is 1. The summed E-state index contributed by atoms with van der Waals surface area (Å²) in [6.45, 7) is 1.78. The van der Waals surface area contributed by atoms with Gasteiger partial charge in [0.2, 0.25) is 0 Å². The monoisotopic (exact) mass is 323 g/mol. The van der Waals surface area contributed by atoms with Crippen molar-refractivity contribution in [2.45, 2.75) is 6.92 Å². The van der Waals surface area contributed by atoms with E-state index < -0.39 is 11.8 Å². The number of nitrogens with zero attached hydrogens (tertiary/aromatic N) is 1. The van der Waals surface area contributed by atoms with E-state index in [1.165, 1.54) is 0 Å². The summed E-state index contributed by atoms with van der Waals surface area (Å²) >= 11 is 11.8. The van der Waals surface area contributed by atoms with Crippen molar-refractivity contribution >= 4 is 46.5 Å². The topological polar surface area (TPSA) is 71.1 Å². The van der Waals surface area contributed by atoms with Crippen molar-refractivity contribution in [2.24, 2.45) is 0 Å². The molecule has 0 radical (unpaired) electrons. The van der Waals surface area contributed by atoms with Crippen molar-refractivity contribution in [1.29, 1.82) is 0 Å². The summed E-state index contributed by atoms with van der Waals surface area (Å²) < 4.78 is 0. The number of carbonyl (C=O) groups excluding carboxylic acids is 2. The molecule has 1 aromatic carbocycles. The molecule has 0 aliphatic rings. The Labute approximate surface area is 131 Å². The van der Waals surface area contributed by atoms with Crippen molar-refractivity contribution in [1.82, 2.24) is 4.98 Å². The Morgan fingerprint density at radius 3 is 2.38 bits per heavy atom. The lowest BCUT2D eigenvalue weighted by Gasteiger charge is -2.08. The quantitative estimate of drug-likeness (QED) is 0.833. The largest absolute Gasteiger partial charge is 0.316 e. The van der Waals surface area contributed by atoms with Gasteiger partial charge in [0.1, 0.15) is 5.82 Å². The van der Waals surface area contributed by atoms with Crippen LogP contribution in [0.4, 0.5) is 11.5 Å². The molecule has 7 heteroatoms. The lowest BCUT2D eigenvalue weighted by molar-refractivity contribution is -0.133. The highest BCUT2D eigenvalue weighted by Crippen LogP contribution is 2.29. The molecule has 0 atom stereocenters. The zero-order valence-electron chi connectivity index (χ0n) is 11.0. The van der Waals surface area contributed by atoms with Gasteiger partial charge in [0.05, 0.1) is 15.7 Å². The molecular formula is C14H11Cl2N3O2. The summed E-state index contributed by atoms with van der Waals surface area (Å²) in [5.41, 5.74) is 0.993. The number of hydrogen-bond acceptors (Lipinski definition) is 3. The number of aryl methyl sites for hydroxylation is 1. The van der Waals surface area contributed by atoms with Crippen LogP contribution in [0.1, 0.15) is 5.69 Å². The van der Waals surface area contributed by atoms with Gasteiger partial charge in [-0.25, -0.2) is 4.98 Å². The number of anilines is 2. The fourth-order valence-electron chi connectivity index (χ4n) is 1.57. The van der Waals surface area contributed by atoms with Crippen LogP contribution in [0.15, 0.2) is 36.4 Å². The predicted molar refractivity (Wildman–Crippen MR) is 82.7 cm³/mol. The minimum atomic E-state index is -0.859. The van der Waals surface area contributed by atoms with Gasteiger partial charge in [-0.05, 0) is 31.2 Å². The molecule has 2 N–H and O–H groups in total. The van der Waals surface area contributed by atoms with Crippen LogP contribution in [0, 0.1) is 6.92 Å². The SMILES string of the molecule is Cc1cccc(NC(=O)C(=O)Nc2cccc(Cl)c2Cl)n1. The number of rotatable bonds is 2. The molecule has 0 saturated carbocycles. The maximum Gasteiger partial charge on any atom is 0.315 e. The first-order chi connectivity index (χ1) is 9.97. The van der Waals surface area contributed by atoms with Crippen LogP contribution in [-0.2, 0) is 9.59 Å². The standard InChI is InChI=1S/C14H11Cl2N3O2/c1-8-4-2-7-11(17-8)19-14(21)13(20)18-10-6-3-5-9(15)12(10)16/h2-7H,1H3,(H,18,20)(H,17,19,21). The average Bonchev–Trinajstić information content (AvgIpc) is 2.44. The summed E-state index contributed by atoms with van der Waals surface area (Å²) in [7, 11) is 0. The van der Waals surface area contributed by atoms with E-state index in [1.807, 2.05) is 0 Å². The number of hydrogen-bond donors (Lipinski definition) is 2. The molecule has 5 nitrogen and oxygen atoms in total. The zero-order valence-corrected chi connectivity index (χ0v) is 12.5. The molecule has 0 spiro atoms. The third kappa shape index (κ3) is 3.93. The van der Waals surface area contributed by atoms with E-state index in [2.05, 4.69) is 15.6 Å². The molecule has 0 aliphatic carbocycles. The van der Waals surface area contributed by atoms with Gasteiger partial charge in [-0.1, -0.05) is 35.3 Å². The maximum atomic E-state index is 11.8. The second-order valence-electron chi connectivity index (χ2n) is 4.17. The third-order valence-electron chi connectivity index (χ3n) is 2.54. The minimum Gasteiger partial charge on any atom is -0.316 e. The predicted octanol–water partition coefficient (Wildman–Crippen LogP) is 3.27. The molecule has 0 saturated heterocycles. The molecule has 0 unspecified atom stereocenters. The Hall–Kier alpha value is -2.11. The first-order valence-electron chi connectivity index (χ1n) is 5.97. The molecule has 0 fully saturated rings. The van der Waals surface area contributed by atoms with Crippen molar-refractivity contribution in [3.63, 3.8) is 0 Å². The van der Waals surface area contributed by atoms with Crippen LogP contribution in [0.5, 0.6) is 0 Å². The highest BCUT2D eigenvalue weighted by atomic mass is 35.5. The number of aromatic nitrogens is 1. The van der Waals surface area contributed by atoms with E-state index in [0.717, 1.165) is 5.69 Å². The summed E-state index contributed by atoms with van der Waals surface area (Å²) in [6.07, 6.45) is 0. The highest BCUT2D eigenvalue weighted by molar-refractivity contribution is 6.47. The third-order valence-corrected chi connectivity index (χ3v) is 3.35. The van der Waals surface area contributed by atoms with Crippen LogP contribution < -0.4 is 10.6 Å². The van der Waals surface area contributed by atoms with Crippen molar-refractivity contribution in [3.05, 3.63) is 52.1 Å². The highest BCUT2D eigenvalue weighted by Gasteiger charge is 2.16. The number of benzene rings is 1. The Bertz CT molecular complexity index is 704. The minimum absolute atomic E-state index is 0.175. The molecular weight excluding hydrogens is 313 g/mol. The molecule has 108 valence electrons. The van der Waals surface area contributed by atoms with E-state index in [4.69, 9.17) is 23.2 Å². The molecule has 21 heavy (non-hydrogen) atoms. The smallest absolute Gasteiger partial charge is 0.315 e. The van der Waals surface area contributed by atoms with E-state index in [0.29, 0.717) is 5.82 Å².